The molecule has 6 unspecified atom stereocenters. The van der Waals surface area contributed by atoms with Gasteiger partial charge in [-0.15, -0.1) is 0 Å². The minimum Gasteiger partial charge on any atom is -0.457 e. The summed E-state index contributed by atoms with van der Waals surface area (Å²) in [7, 11) is -3.56. The number of esters is 2. The molecule has 3 aliphatic rings. The molecule has 6 atom stereocenters. The third-order valence-electron chi connectivity index (χ3n) is 6.99. The highest BCUT2D eigenvalue weighted by molar-refractivity contribution is 7.87. The molecule has 3 rings (SSSR count). The van der Waals surface area contributed by atoms with Crippen molar-refractivity contribution in [3.63, 3.8) is 0 Å². The summed E-state index contributed by atoms with van der Waals surface area (Å²) < 4.78 is 40.1. The van der Waals surface area contributed by atoms with Gasteiger partial charge >= 0.3 is 11.9 Å². The van der Waals surface area contributed by atoms with E-state index >= 15 is 0 Å². The van der Waals surface area contributed by atoms with Crippen molar-refractivity contribution in [1.29, 1.82) is 0 Å². The van der Waals surface area contributed by atoms with Gasteiger partial charge in [-0.1, -0.05) is 41.5 Å². The predicted octanol–water partition coefficient (Wildman–Crippen LogP) is 3.07. The van der Waals surface area contributed by atoms with E-state index in [2.05, 4.69) is 20.8 Å². The molecule has 0 aromatic heterocycles. The molecule has 2 saturated carbocycles. The molecule has 1 saturated heterocycles. The van der Waals surface area contributed by atoms with Crippen LogP contribution >= 0.6 is 0 Å². The standard InChI is InChI=1S/C21H34O7S/c1-19(2,3)11-21(7,20(4,5)6)18(23)26-10-15(22)27-16-12-8-13-14(9-12)29(24,25)28-17(13)16/h12-14,16-17H,8-11H2,1-7H3. The molecule has 7 nitrogen and oxygen atoms in total. The minimum atomic E-state index is -3.56. The smallest absolute Gasteiger partial charge is 0.344 e. The lowest BCUT2D eigenvalue weighted by atomic mass is 9.61. The Morgan fingerprint density at radius 2 is 1.66 bits per heavy atom. The van der Waals surface area contributed by atoms with Crippen molar-refractivity contribution >= 4 is 22.1 Å². The Morgan fingerprint density at radius 3 is 2.21 bits per heavy atom. The van der Waals surface area contributed by atoms with E-state index in [0.717, 1.165) is 0 Å². The minimum absolute atomic E-state index is 0.00680. The quantitative estimate of drug-likeness (QED) is 0.488. The molecule has 0 amide bonds. The van der Waals surface area contributed by atoms with Crippen LogP contribution in [0, 0.1) is 28.1 Å². The number of carbonyl (C=O) groups excluding carboxylic acids is 2. The highest BCUT2D eigenvalue weighted by Crippen LogP contribution is 2.55. The third-order valence-corrected chi connectivity index (χ3v) is 8.77. The van der Waals surface area contributed by atoms with Crippen LogP contribution in [0.3, 0.4) is 0 Å². The Morgan fingerprint density at radius 1 is 1.03 bits per heavy atom. The number of rotatable bonds is 5. The van der Waals surface area contributed by atoms with Gasteiger partial charge in [0.15, 0.2) is 6.61 Å². The molecular formula is C21H34O7S. The summed E-state index contributed by atoms with van der Waals surface area (Å²) in [5.41, 5.74) is -1.22. The molecule has 0 aromatic carbocycles. The van der Waals surface area contributed by atoms with Gasteiger partial charge in [0.1, 0.15) is 12.2 Å². The van der Waals surface area contributed by atoms with E-state index in [1.807, 2.05) is 27.7 Å². The number of fused-ring (bicyclic) bond motifs is 1. The Kier molecular flexibility index (Phi) is 5.39. The summed E-state index contributed by atoms with van der Waals surface area (Å²) in [6.45, 7) is 13.6. The fraction of sp³-hybridized carbons (Fsp3) is 0.905. The van der Waals surface area contributed by atoms with Crippen LogP contribution in [-0.2, 0) is 33.4 Å². The maximum atomic E-state index is 12.9. The lowest BCUT2D eigenvalue weighted by molar-refractivity contribution is -0.176. The van der Waals surface area contributed by atoms with Gasteiger partial charge in [-0.2, -0.15) is 8.42 Å². The monoisotopic (exact) mass is 430 g/mol. The molecule has 0 radical (unpaired) electrons. The third kappa shape index (κ3) is 4.07. The van der Waals surface area contributed by atoms with Gasteiger partial charge in [0.2, 0.25) is 0 Å². The second-order valence-electron chi connectivity index (χ2n) is 11.3. The van der Waals surface area contributed by atoms with Crippen molar-refractivity contribution in [2.24, 2.45) is 28.1 Å². The average molecular weight is 431 g/mol. The van der Waals surface area contributed by atoms with E-state index in [1.165, 1.54) is 0 Å². The summed E-state index contributed by atoms with van der Waals surface area (Å²) in [5, 5.41) is -0.463. The first-order valence-corrected chi connectivity index (χ1v) is 11.8. The summed E-state index contributed by atoms with van der Waals surface area (Å²) in [6, 6.07) is 0. The molecular weight excluding hydrogens is 396 g/mol. The zero-order valence-corrected chi connectivity index (χ0v) is 19.3. The molecule has 2 aliphatic carbocycles. The molecule has 8 heteroatoms. The summed E-state index contributed by atoms with van der Waals surface area (Å²) in [5.74, 6) is -1.19. The van der Waals surface area contributed by atoms with Crippen LogP contribution in [0.15, 0.2) is 0 Å². The second-order valence-corrected chi connectivity index (χ2v) is 13.1. The first-order chi connectivity index (χ1) is 13.1. The molecule has 3 fully saturated rings. The Hall–Kier alpha value is -1.15. The van der Waals surface area contributed by atoms with Crippen LogP contribution in [0.5, 0.6) is 0 Å². The Bertz CT molecular complexity index is 789. The molecule has 0 spiro atoms. The van der Waals surface area contributed by atoms with Crippen molar-refractivity contribution < 1.29 is 31.7 Å². The fourth-order valence-corrected chi connectivity index (χ4v) is 7.10. The largest absolute Gasteiger partial charge is 0.457 e. The van der Waals surface area contributed by atoms with Crippen molar-refractivity contribution in [2.75, 3.05) is 6.61 Å². The zero-order chi connectivity index (χ0) is 22.0. The maximum Gasteiger partial charge on any atom is 0.344 e. The first-order valence-electron chi connectivity index (χ1n) is 10.3. The van der Waals surface area contributed by atoms with Gasteiger partial charge in [0.25, 0.3) is 10.1 Å². The Balaban J connectivity index is 1.60. The molecule has 0 aromatic rings. The van der Waals surface area contributed by atoms with Crippen LogP contribution in [-0.4, -0.2) is 44.4 Å². The van der Waals surface area contributed by atoms with Crippen LogP contribution in [0.4, 0.5) is 0 Å². The van der Waals surface area contributed by atoms with Crippen molar-refractivity contribution in [3.8, 4) is 0 Å². The fourth-order valence-electron chi connectivity index (χ4n) is 5.22. The van der Waals surface area contributed by atoms with Crippen LogP contribution in [0.25, 0.3) is 0 Å². The molecule has 1 aliphatic heterocycles. The van der Waals surface area contributed by atoms with E-state index < -0.39 is 51.5 Å². The molecule has 166 valence electrons. The van der Waals surface area contributed by atoms with Gasteiger partial charge in [-0.25, -0.2) is 4.79 Å². The molecule has 29 heavy (non-hydrogen) atoms. The normalized spacial score (nSPS) is 34.7. The highest BCUT2D eigenvalue weighted by Gasteiger charge is 2.65. The topological polar surface area (TPSA) is 96.0 Å². The van der Waals surface area contributed by atoms with E-state index in [1.54, 1.807) is 0 Å². The summed E-state index contributed by atoms with van der Waals surface area (Å²) >= 11 is 0. The SMILES string of the molecule is CC(C)(C)CC(C)(C(=O)OCC(=O)OC1C2CC3C1OS(=O)(=O)C3C2)C(C)(C)C. The zero-order valence-electron chi connectivity index (χ0n) is 18.5. The maximum absolute atomic E-state index is 12.9. The number of hydrogen-bond donors (Lipinski definition) is 0. The molecule has 2 bridgehead atoms. The first kappa shape index (κ1) is 22.5. The van der Waals surface area contributed by atoms with Crippen LogP contribution < -0.4 is 0 Å². The van der Waals surface area contributed by atoms with Crippen LogP contribution in [0.2, 0.25) is 0 Å². The van der Waals surface area contributed by atoms with Crippen molar-refractivity contribution in [1.82, 2.24) is 0 Å². The van der Waals surface area contributed by atoms with Crippen LogP contribution in [0.1, 0.15) is 67.7 Å². The van der Waals surface area contributed by atoms with Gasteiger partial charge in [0.05, 0.1) is 10.7 Å². The number of carbonyl (C=O) groups is 2. The van der Waals surface area contributed by atoms with Gasteiger partial charge in [0, 0.05) is 11.8 Å². The average Bonchev–Trinajstić information content (AvgIpc) is 3.14. The van der Waals surface area contributed by atoms with E-state index in [9.17, 15) is 18.0 Å². The Labute approximate surface area is 174 Å². The van der Waals surface area contributed by atoms with Gasteiger partial charge in [-0.3, -0.25) is 8.98 Å². The second kappa shape index (κ2) is 6.94. The van der Waals surface area contributed by atoms with Crippen molar-refractivity contribution in [2.45, 2.75) is 85.2 Å². The van der Waals surface area contributed by atoms with Crippen molar-refractivity contribution in [3.05, 3.63) is 0 Å². The molecule has 0 N–H and O–H groups in total. The lowest BCUT2D eigenvalue weighted by Crippen LogP contribution is -2.45. The number of hydrogen-bond acceptors (Lipinski definition) is 7. The van der Waals surface area contributed by atoms with Gasteiger partial charge in [-0.05, 0) is 37.0 Å². The summed E-state index contributed by atoms with van der Waals surface area (Å²) in [6.07, 6.45) is 0.598. The lowest BCUT2D eigenvalue weighted by Gasteiger charge is -2.43. The van der Waals surface area contributed by atoms with E-state index in [4.69, 9.17) is 13.7 Å². The van der Waals surface area contributed by atoms with E-state index in [0.29, 0.717) is 19.3 Å². The van der Waals surface area contributed by atoms with Gasteiger partial charge < -0.3 is 9.47 Å². The summed E-state index contributed by atoms with van der Waals surface area (Å²) in [4.78, 5) is 25.3. The predicted molar refractivity (Wildman–Crippen MR) is 106 cm³/mol. The van der Waals surface area contributed by atoms with E-state index in [-0.39, 0.29) is 22.7 Å². The number of ether oxygens (including phenoxy) is 2. The highest BCUT2D eigenvalue weighted by atomic mass is 32.2. The molecule has 1 heterocycles.